The van der Waals surface area contributed by atoms with Gasteiger partial charge < -0.3 is 10.5 Å². The largest absolute Gasteiger partial charge is 0.378 e. The molecule has 1 fully saturated rings. The van der Waals surface area contributed by atoms with Crippen LogP contribution in [0.3, 0.4) is 0 Å². The van der Waals surface area contributed by atoms with Gasteiger partial charge >= 0.3 is 0 Å². The third kappa shape index (κ3) is 3.80. The number of aryl methyl sites for hydroxylation is 1. The zero-order chi connectivity index (χ0) is 12.1. The Labute approximate surface area is 108 Å². The van der Waals surface area contributed by atoms with E-state index < -0.39 is 0 Å². The van der Waals surface area contributed by atoms with Crippen molar-refractivity contribution in [2.75, 3.05) is 6.61 Å². The first kappa shape index (κ1) is 13.1. The van der Waals surface area contributed by atoms with Gasteiger partial charge in [0.15, 0.2) is 0 Å². The minimum absolute atomic E-state index is 0.200. The summed E-state index contributed by atoms with van der Waals surface area (Å²) in [7, 11) is 0. The van der Waals surface area contributed by atoms with Crippen molar-refractivity contribution in [3.05, 3.63) is 21.9 Å². The Balaban J connectivity index is 1.77. The lowest BCUT2D eigenvalue weighted by Gasteiger charge is -2.23. The van der Waals surface area contributed by atoms with Crippen molar-refractivity contribution in [1.29, 1.82) is 0 Å². The molecule has 2 unspecified atom stereocenters. The summed E-state index contributed by atoms with van der Waals surface area (Å²) >= 11 is 1.86. The molecule has 1 aliphatic heterocycles. The molecule has 1 aromatic rings. The predicted octanol–water partition coefficient (Wildman–Crippen LogP) is 3.66. The molecule has 2 rings (SSSR count). The van der Waals surface area contributed by atoms with Gasteiger partial charge in [-0.15, -0.1) is 11.3 Å². The molecule has 2 N–H and O–H groups in total. The average Bonchev–Trinajstić information content (AvgIpc) is 2.86. The van der Waals surface area contributed by atoms with Crippen LogP contribution >= 0.6 is 11.3 Å². The fourth-order valence-electron chi connectivity index (χ4n) is 2.33. The summed E-state index contributed by atoms with van der Waals surface area (Å²) in [6.07, 6.45) is 7.50. The SMILES string of the molecule is CCc1ccc(C(N)CCC2CCCCO2)s1. The first-order valence-corrected chi connectivity index (χ1v) is 7.57. The molecule has 0 radical (unpaired) electrons. The van der Waals surface area contributed by atoms with Crippen LogP contribution in [-0.2, 0) is 11.2 Å². The Hall–Kier alpha value is -0.380. The minimum atomic E-state index is 0.200. The number of rotatable bonds is 5. The maximum atomic E-state index is 6.24. The lowest BCUT2D eigenvalue weighted by molar-refractivity contribution is 0.00917. The fraction of sp³-hybridized carbons (Fsp3) is 0.714. The van der Waals surface area contributed by atoms with E-state index in [1.807, 2.05) is 11.3 Å². The molecule has 0 bridgehead atoms. The molecule has 3 heteroatoms. The van der Waals surface area contributed by atoms with Crippen LogP contribution in [0.2, 0.25) is 0 Å². The van der Waals surface area contributed by atoms with Gasteiger partial charge in [0.1, 0.15) is 0 Å². The third-order valence-electron chi connectivity index (χ3n) is 3.47. The summed E-state index contributed by atoms with van der Waals surface area (Å²) in [5.41, 5.74) is 6.24. The molecule has 2 atom stereocenters. The maximum absolute atomic E-state index is 6.24. The number of hydrogen-bond donors (Lipinski definition) is 1. The topological polar surface area (TPSA) is 35.2 Å². The zero-order valence-corrected chi connectivity index (χ0v) is 11.5. The van der Waals surface area contributed by atoms with Crippen molar-refractivity contribution in [2.45, 2.75) is 57.6 Å². The van der Waals surface area contributed by atoms with Gasteiger partial charge in [0.2, 0.25) is 0 Å². The van der Waals surface area contributed by atoms with Crippen LogP contribution in [0.4, 0.5) is 0 Å². The normalized spacial score (nSPS) is 22.6. The number of ether oxygens (including phenoxy) is 1. The first-order chi connectivity index (χ1) is 8.29. The molecular weight excluding hydrogens is 230 g/mol. The predicted molar refractivity (Wildman–Crippen MR) is 73.5 cm³/mol. The van der Waals surface area contributed by atoms with Gasteiger partial charge in [-0.2, -0.15) is 0 Å². The second-order valence-corrected chi connectivity index (χ2v) is 6.03. The van der Waals surface area contributed by atoms with Crippen LogP contribution in [0.1, 0.15) is 54.8 Å². The number of nitrogens with two attached hydrogens (primary N) is 1. The molecule has 0 aromatic carbocycles. The van der Waals surface area contributed by atoms with E-state index >= 15 is 0 Å². The monoisotopic (exact) mass is 253 g/mol. The standard InChI is InChI=1S/C14H23NOS/c1-2-12-7-9-14(17-12)13(15)8-6-11-5-3-4-10-16-11/h7,9,11,13H,2-6,8,10,15H2,1H3. The van der Waals surface area contributed by atoms with E-state index in [9.17, 15) is 0 Å². The Kier molecular flexibility index (Phi) is 5.01. The summed E-state index contributed by atoms with van der Waals surface area (Å²) in [4.78, 5) is 2.77. The highest BCUT2D eigenvalue weighted by atomic mass is 32.1. The molecule has 0 saturated carbocycles. The lowest BCUT2D eigenvalue weighted by Crippen LogP contribution is -2.21. The summed E-state index contributed by atoms with van der Waals surface area (Å²) < 4.78 is 5.74. The van der Waals surface area contributed by atoms with Crippen LogP contribution < -0.4 is 5.73 Å². The van der Waals surface area contributed by atoms with Gasteiger partial charge in [-0.25, -0.2) is 0 Å². The summed E-state index contributed by atoms with van der Waals surface area (Å²) in [6, 6.07) is 4.60. The molecule has 96 valence electrons. The second-order valence-electron chi connectivity index (χ2n) is 4.83. The lowest BCUT2D eigenvalue weighted by atomic mass is 10.0. The quantitative estimate of drug-likeness (QED) is 0.869. The third-order valence-corrected chi connectivity index (χ3v) is 4.83. The van der Waals surface area contributed by atoms with E-state index in [0.29, 0.717) is 6.10 Å². The first-order valence-electron chi connectivity index (χ1n) is 6.75. The Morgan fingerprint density at radius 1 is 1.47 bits per heavy atom. The van der Waals surface area contributed by atoms with Gasteiger partial charge in [0.25, 0.3) is 0 Å². The van der Waals surface area contributed by atoms with Crippen molar-refractivity contribution in [3.8, 4) is 0 Å². The van der Waals surface area contributed by atoms with Gasteiger partial charge in [-0.1, -0.05) is 6.92 Å². The second kappa shape index (κ2) is 6.53. The molecular formula is C14H23NOS. The molecule has 0 amide bonds. The van der Waals surface area contributed by atoms with Gasteiger partial charge in [-0.3, -0.25) is 0 Å². The molecule has 0 spiro atoms. The van der Waals surface area contributed by atoms with Crippen LogP contribution in [0, 0.1) is 0 Å². The smallest absolute Gasteiger partial charge is 0.0575 e. The van der Waals surface area contributed by atoms with Crippen LogP contribution in [-0.4, -0.2) is 12.7 Å². The van der Waals surface area contributed by atoms with Crippen LogP contribution in [0.15, 0.2) is 12.1 Å². The highest BCUT2D eigenvalue weighted by Gasteiger charge is 2.16. The van der Waals surface area contributed by atoms with E-state index in [0.717, 1.165) is 25.9 Å². The Morgan fingerprint density at radius 2 is 2.35 bits per heavy atom. The Bertz CT molecular complexity index is 331. The molecule has 17 heavy (non-hydrogen) atoms. The van der Waals surface area contributed by atoms with Crippen LogP contribution in [0.25, 0.3) is 0 Å². The number of hydrogen-bond acceptors (Lipinski definition) is 3. The van der Waals surface area contributed by atoms with Gasteiger partial charge in [-0.05, 0) is 50.7 Å². The summed E-state index contributed by atoms with van der Waals surface area (Å²) in [6.45, 7) is 3.13. The van der Waals surface area contributed by atoms with E-state index in [1.165, 1.54) is 29.0 Å². The highest BCUT2D eigenvalue weighted by Crippen LogP contribution is 2.27. The van der Waals surface area contributed by atoms with Crippen molar-refractivity contribution in [1.82, 2.24) is 0 Å². The molecule has 2 heterocycles. The van der Waals surface area contributed by atoms with Crippen molar-refractivity contribution in [2.24, 2.45) is 5.73 Å². The Morgan fingerprint density at radius 3 is 3.00 bits per heavy atom. The minimum Gasteiger partial charge on any atom is -0.378 e. The van der Waals surface area contributed by atoms with E-state index in [2.05, 4.69) is 19.1 Å². The average molecular weight is 253 g/mol. The summed E-state index contributed by atoms with van der Waals surface area (Å²) in [5.74, 6) is 0. The van der Waals surface area contributed by atoms with E-state index in [-0.39, 0.29) is 6.04 Å². The van der Waals surface area contributed by atoms with Crippen LogP contribution in [0.5, 0.6) is 0 Å². The maximum Gasteiger partial charge on any atom is 0.0575 e. The zero-order valence-electron chi connectivity index (χ0n) is 10.7. The van der Waals surface area contributed by atoms with Crippen molar-refractivity contribution >= 4 is 11.3 Å². The highest BCUT2D eigenvalue weighted by molar-refractivity contribution is 7.12. The van der Waals surface area contributed by atoms with Crippen molar-refractivity contribution < 1.29 is 4.74 Å². The van der Waals surface area contributed by atoms with E-state index in [1.54, 1.807) is 0 Å². The molecule has 1 aromatic heterocycles. The molecule has 0 aliphatic carbocycles. The van der Waals surface area contributed by atoms with Gasteiger partial charge in [0.05, 0.1) is 6.10 Å². The number of thiophene rings is 1. The van der Waals surface area contributed by atoms with E-state index in [4.69, 9.17) is 10.5 Å². The van der Waals surface area contributed by atoms with Gasteiger partial charge in [0, 0.05) is 22.4 Å². The van der Waals surface area contributed by atoms with Crippen molar-refractivity contribution in [3.63, 3.8) is 0 Å². The molecule has 2 nitrogen and oxygen atoms in total. The molecule has 1 saturated heterocycles. The summed E-state index contributed by atoms with van der Waals surface area (Å²) in [5, 5.41) is 0. The molecule has 1 aliphatic rings. The fourth-order valence-corrected chi connectivity index (χ4v) is 3.32.